The van der Waals surface area contributed by atoms with Gasteiger partial charge in [-0.1, -0.05) is 60.2 Å². The van der Waals surface area contributed by atoms with E-state index in [1.54, 1.807) is 18.2 Å². The number of ether oxygens (including phenoxy) is 1. The van der Waals surface area contributed by atoms with Crippen LogP contribution in [0.5, 0.6) is 0 Å². The van der Waals surface area contributed by atoms with Crippen LogP contribution in [0, 0.1) is 6.92 Å². The van der Waals surface area contributed by atoms with Gasteiger partial charge in [-0.15, -0.1) is 0 Å². The minimum atomic E-state index is -1.14. The van der Waals surface area contributed by atoms with E-state index in [9.17, 15) is 14.7 Å². The van der Waals surface area contributed by atoms with E-state index in [1.807, 2.05) is 43.3 Å². The molecule has 0 fully saturated rings. The molecule has 5 heteroatoms. The molecule has 0 aliphatic heterocycles. The quantitative estimate of drug-likeness (QED) is 0.889. The lowest BCUT2D eigenvalue weighted by atomic mass is 10.0. The number of hydrogen-bond acceptors (Lipinski definition) is 3. The van der Waals surface area contributed by atoms with Gasteiger partial charge in [0.05, 0.1) is 0 Å². The Bertz CT molecular complexity index is 655. The molecule has 2 aromatic carbocycles. The predicted octanol–water partition coefficient (Wildman–Crippen LogP) is 3.05. The Morgan fingerprint density at radius 2 is 1.86 bits per heavy atom. The van der Waals surface area contributed by atoms with Crippen LogP contribution in [-0.4, -0.2) is 17.2 Å². The highest BCUT2D eigenvalue weighted by Gasteiger charge is 2.22. The Morgan fingerprint density at radius 1 is 1.14 bits per heavy atom. The molecule has 0 saturated carbocycles. The van der Waals surface area contributed by atoms with Gasteiger partial charge in [0.15, 0.2) is 6.04 Å². The van der Waals surface area contributed by atoms with Crippen LogP contribution in [0.4, 0.5) is 4.79 Å². The average Bonchev–Trinajstić information content (AvgIpc) is 2.51. The van der Waals surface area contributed by atoms with Crippen LogP contribution in [0.15, 0.2) is 54.6 Å². The Kier molecular flexibility index (Phi) is 5.14. The maximum atomic E-state index is 11.8. The first-order chi connectivity index (χ1) is 10.6. The smallest absolute Gasteiger partial charge is 0.408 e. The molecule has 0 aliphatic rings. The lowest BCUT2D eigenvalue weighted by Gasteiger charge is -2.15. The molecule has 0 aromatic heterocycles. The largest absolute Gasteiger partial charge is 0.479 e. The summed E-state index contributed by atoms with van der Waals surface area (Å²) in [5.74, 6) is -1.14. The van der Waals surface area contributed by atoms with Crippen LogP contribution in [0.25, 0.3) is 0 Å². The molecule has 22 heavy (non-hydrogen) atoms. The highest BCUT2D eigenvalue weighted by Crippen LogP contribution is 2.15. The minimum absolute atomic E-state index is 0.0901. The second-order valence-corrected chi connectivity index (χ2v) is 4.89. The van der Waals surface area contributed by atoms with Crippen molar-refractivity contribution >= 4 is 12.1 Å². The molecule has 2 rings (SSSR count). The van der Waals surface area contributed by atoms with Gasteiger partial charge in [0.25, 0.3) is 0 Å². The molecule has 0 heterocycles. The van der Waals surface area contributed by atoms with E-state index in [2.05, 4.69) is 5.32 Å². The first kappa shape index (κ1) is 15.6. The van der Waals surface area contributed by atoms with Crippen molar-refractivity contribution in [2.45, 2.75) is 19.6 Å². The SMILES string of the molecule is Cc1cccc(C(NC(=O)OCc2ccccc2)C(=O)O)c1. The van der Waals surface area contributed by atoms with Crippen molar-refractivity contribution in [1.29, 1.82) is 0 Å². The summed E-state index contributed by atoms with van der Waals surface area (Å²) in [6, 6.07) is 15.0. The standard InChI is InChI=1S/C17H17NO4/c1-12-6-5-9-14(10-12)15(16(19)20)18-17(21)22-11-13-7-3-2-4-8-13/h2-10,15H,11H2,1H3,(H,18,21)(H,19,20). The monoisotopic (exact) mass is 299 g/mol. The summed E-state index contributed by atoms with van der Waals surface area (Å²) in [4.78, 5) is 23.1. The van der Waals surface area contributed by atoms with E-state index in [4.69, 9.17) is 4.74 Å². The number of carboxylic acids is 1. The predicted molar refractivity (Wildman–Crippen MR) is 81.3 cm³/mol. The third-order valence-electron chi connectivity index (χ3n) is 3.10. The van der Waals surface area contributed by atoms with Crippen LogP contribution in [0.3, 0.4) is 0 Å². The van der Waals surface area contributed by atoms with E-state index in [-0.39, 0.29) is 6.61 Å². The maximum Gasteiger partial charge on any atom is 0.408 e. The summed E-state index contributed by atoms with van der Waals surface area (Å²) < 4.78 is 5.05. The number of carbonyl (C=O) groups excluding carboxylic acids is 1. The van der Waals surface area contributed by atoms with Crippen LogP contribution in [0.1, 0.15) is 22.7 Å². The van der Waals surface area contributed by atoms with Crippen LogP contribution < -0.4 is 5.32 Å². The number of rotatable bonds is 5. The Hall–Kier alpha value is -2.82. The molecule has 0 saturated heterocycles. The number of aliphatic carboxylic acids is 1. The zero-order valence-electron chi connectivity index (χ0n) is 12.2. The van der Waals surface area contributed by atoms with Gasteiger partial charge in [-0.25, -0.2) is 9.59 Å². The fourth-order valence-electron chi connectivity index (χ4n) is 2.02. The van der Waals surface area contributed by atoms with Gasteiger partial charge in [-0.05, 0) is 18.1 Å². The first-order valence-corrected chi connectivity index (χ1v) is 6.83. The van der Waals surface area contributed by atoms with Crippen LogP contribution in [0.2, 0.25) is 0 Å². The van der Waals surface area contributed by atoms with Crippen molar-refractivity contribution in [1.82, 2.24) is 5.32 Å². The van der Waals surface area contributed by atoms with Gasteiger partial charge in [0.2, 0.25) is 0 Å². The van der Waals surface area contributed by atoms with Crippen LogP contribution >= 0.6 is 0 Å². The normalized spacial score (nSPS) is 11.5. The molecule has 0 aliphatic carbocycles. The van der Waals surface area contributed by atoms with Crippen molar-refractivity contribution < 1.29 is 19.4 Å². The number of aryl methyl sites for hydroxylation is 1. The maximum absolute atomic E-state index is 11.8. The number of amides is 1. The lowest BCUT2D eigenvalue weighted by Crippen LogP contribution is -2.34. The molecule has 2 aromatic rings. The average molecular weight is 299 g/mol. The molecular formula is C17H17NO4. The molecule has 0 spiro atoms. The van der Waals surface area contributed by atoms with Crippen molar-refractivity contribution in [3.05, 3.63) is 71.3 Å². The van der Waals surface area contributed by atoms with Crippen molar-refractivity contribution in [3.8, 4) is 0 Å². The van der Waals surface area contributed by atoms with Crippen molar-refractivity contribution in [3.63, 3.8) is 0 Å². The Balaban J connectivity index is 1.99. The summed E-state index contributed by atoms with van der Waals surface area (Å²) in [5.41, 5.74) is 2.26. The first-order valence-electron chi connectivity index (χ1n) is 6.83. The third kappa shape index (κ3) is 4.34. The lowest BCUT2D eigenvalue weighted by molar-refractivity contribution is -0.139. The summed E-state index contributed by atoms with van der Waals surface area (Å²) in [7, 11) is 0. The number of carbonyl (C=O) groups is 2. The molecule has 0 radical (unpaired) electrons. The van der Waals surface area contributed by atoms with Crippen LogP contribution in [-0.2, 0) is 16.1 Å². The van der Waals surface area contributed by atoms with Gasteiger partial charge in [-0.2, -0.15) is 0 Å². The number of alkyl carbamates (subject to hydrolysis) is 1. The van der Waals surface area contributed by atoms with Gasteiger partial charge < -0.3 is 15.2 Å². The summed E-state index contributed by atoms with van der Waals surface area (Å²) in [5, 5.41) is 11.7. The molecule has 0 bridgehead atoms. The second kappa shape index (κ2) is 7.26. The number of nitrogens with one attached hydrogen (secondary N) is 1. The number of carboxylic acid groups (broad SMARTS) is 1. The van der Waals surface area contributed by atoms with E-state index in [1.165, 1.54) is 0 Å². The highest BCUT2D eigenvalue weighted by atomic mass is 16.5. The van der Waals surface area contributed by atoms with Gasteiger partial charge in [0.1, 0.15) is 6.61 Å². The molecule has 114 valence electrons. The second-order valence-electron chi connectivity index (χ2n) is 4.89. The summed E-state index contributed by atoms with van der Waals surface area (Å²) in [6.45, 7) is 1.95. The topological polar surface area (TPSA) is 75.6 Å². The van der Waals surface area contributed by atoms with E-state index in [0.717, 1.165) is 11.1 Å². The van der Waals surface area contributed by atoms with Crippen molar-refractivity contribution in [2.24, 2.45) is 0 Å². The van der Waals surface area contributed by atoms with Crippen molar-refractivity contribution in [2.75, 3.05) is 0 Å². The van der Waals surface area contributed by atoms with Gasteiger partial charge in [-0.3, -0.25) is 0 Å². The summed E-state index contributed by atoms with van der Waals surface area (Å²) in [6.07, 6.45) is -0.766. The molecule has 1 atom stereocenters. The van der Waals surface area contributed by atoms with E-state index < -0.39 is 18.1 Å². The molecule has 5 nitrogen and oxygen atoms in total. The van der Waals surface area contributed by atoms with Gasteiger partial charge in [0, 0.05) is 0 Å². The Labute approximate surface area is 128 Å². The number of benzene rings is 2. The third-order valence-corrected chi connectivity index (χ3v) is 3.10. The molecule has 2 N–H and O–H groups in total. The molecule has 1 unspecified atom stereocenters. The zero-order chi connectivity index (χ0) is 15.9. The van der Waals surface area contributed by atoms with E-state index >= 15 is 0 Å². The highest BCUT2D eigenvalue weighted by molar-refractivity contribution is 5.81. The molecular weight excluding hydrogens is 282 g/mol. The number of hydrogen-bond donors (Lipinski definition) is 2. The van der Waals surface area contributed by atoms with Gasteiger partial charge >= 0.3 is 12.1 Å². The zero-order valence-corrected chi connectivity index (χ0v) is 12.2. The summed E-state index contributed by atoms with van der Waals surface area (Å²) >= 11 is 0. The fraction of sp³-hybridized carbons (Fsp3) is 0.176. The minimum Gasteiger partial charge on any atom is -0.479 e. The Morgan fingerprint density at radius 3 is 2.50 bits per heavy atom. The fourth-order valence-corrected chi connectivity index (χ4v) is 2.02. The molecule has 1 amide bonds. The van der Waals surface area contributed by atoms with E-state index in [0.29, 0.717) is 5.56 Å².